The minimum absolute atomic E-state index is 0.188. The van der Waals surface area contributed by atoms with Crippen LogP contribution in [0.3, 0.4) is 0 Å². The highest BCUT2D eigenvalue weighted by molar-refractivity contribution is 7.99. The van der Waals surface area contributed by atoms with Gasteiger partial charge in [0.05, 0.1) is 12.9 Å². The van der Waals surface area contributed by atoms with Gasteiger partial charge in [0.25, 0.3) is 10.1 Å². The monoisotopic (exact) mass is 264 g/mol. The van der Waals surface area contributed by atoms with Crippen molar-refractivity contribution in [1.29, 1.82) is 0 Å². The molecule has 0 radical (unpaired) electrons. The predicted octanol–water partition coefficient (Wildman–Crippen LogP) is 2.28. The minimum atomic E-state index is -3.33. The van der Waals surface area contributed by atoms with E-state index in [9.17, 15) is 12.8 Å². The van der Waals surface area contributed by atoms with E-state index in [1.54, 1.807) is 12.1 Å². The van der Waals surface area contributed by atoms with Gasteiger partial charge in [0, 0.05) is 10.6 Å². The normalized spacial score (nSPS) is 11.6. The van der Waals surface area contributed by atoms with Gasteiger partial charge in [-0.15, -0.1) is 11.8 Å². The molecule has 0 aliphatic rings. The molecule has 0 fully saturated rings. The molecule has 1 rings (SSSR count). The summed E-state index contributed by atoms with van der Waals surface area (Å²) >= 11 is 1.54. The van der Waals surface area contributed by atoms with Gasteiger partial charge in [-0.1, -0.05) is 0 Å². The topological polar surface area (TPSA) is 43.4 Å². The molecule has 0 aliphatic carbocycles. The smallest absolute Gasteiger partial charge is 0.264 e. The summed E-state index contributed by atoms with van der Waals surface area (Å²) < 4.78 is 38.4. The standard InChI is InChI=1S/C10H13FO3S2/c1-16(12,13)14-7-2-8-15-10-5-3-9(11)4-6-10/h3-6H,2,7-8H2,1H3. The van der Waals surface area contributed by atoms with Gasteiger partial charge in [-0.25, -0.2) is 4.39 Å². The van der Waals surface area contributed by atoms with Crippen LogP contribution in [0.5, 0.6) is 0 Å². The van der Waals surface area contributed by atoms with Crippen molar-refractivity contribution in [2.24, 2.45) is 0 Å². The van der Waals surface area contributed by atoms with Crippen molar-refractivity contribution in [2.75, 3.05) is 18.6 Å². The first kappa shape index (κ1) is 13.5. The van der Waals surface area contributed by atoms with E-state index < -0.39 is 10.1 Å². The summed E-state index contributed by atoms with van der Waals surface area (Å²) in [5, 5.41) is 0. The van der Waals surface area contributed by atoms with Crippen LogP contribution >= 0.6 is 11.8 Å². The quantitative estimate of drug-likeness (QED) is 0.449. The van der Waals surface area contributed by atoms with Crippen LogP contribution < -0.4 is 0 Å². The van der Waals surface area contributed by atoms with Gasteiger partial charge in [-0.3, -0.25) is 4.18 Å². The molecule has 16 heavy (non-hydrogen) atoms. The van der Waals surface area contributed by atoms with Crippen LogP contribution in [0.15, 0.2) is 29.2 Å². The highest BCUT2D eigenvalue weighted by Gasteiger charge is 2.01. The lowest BCUT2D eigenvalue weighted by molar-refractivity contribution is 0.323. The molecular weight excluding hydrogens is 251 g/mol. The zero-order valence-corrected chi connectivity index (χ0v) is 10.5. The van der Waals surface area contributed by atoms with E-state index >= 15 is 0 Å². The maximum atomic E-state index is 12.6. The predicted molar refractivity (Wildman–Crippen MR) is 62.5 cm³/mol. The number of rotatable bonds is 6. The Balaban J connectivity index is 2.19. The first-order valence-corrected chi connectivity index (χ1v) is 7.50. The van der Waals surface area contributed by atoms with E-state index in [1.807, 2.05) is 0 Å². The molecule has 0 saturated carbocycles. The third-order valence-corrected chi connectivity index (χ3v) is 3.36. The third kappa shape index (κ3) is 6.09. The molecule has 3 nitrogen and oxygen atoms in total. The average molecular weight is 264 g/mol. The second-order valence-electron chi connectivity index (χ2n) is 3.18. The largest absolute Gasteiger partial charge is 0.270 e. The Morgan fingerprint density at radius 3 is 2.50 bits per heavy atom. The van der Waals surface area contributed by atoms with Crippen LogP contribution in [-0.4, -0.2) is 27.0 Å². The summed E-state index contributed by atoms with van der Waals surface area (Å²) in [5.74, 6) is 0.478. The number of thioether (sulfide) groups is 1. The lowest BCUT2D eigenvalue weighted by Gasteiger charge is -2.02. The summed E-state index contributed by atoms with van der Waals surface area (Å²) in [5.41, 5.74) is 0. The molecule has 90 valence electrons. The molecule has 0 N–H and O–H groups in total. The second kappa shape index (κ2) is 6.22. The van der Waals surface area contributed by atoms with Crippen LogP contribution in [0.2, 0.25) is 0 Å². The van der Waals surface area contributed by atoms with E-state index in [2.05, 4.69) is 4.18 Å². The van der Waals surface area contributed by atoms with Gasteiger partial charge >= 0.3 is 0 Å². The second-order valence-corrected chi connectivity index (χ2v) is 5.99. The summed E-state index contributed by atoms with van der Waals surface area (Å²) in [6.45, 7) is 0.188. The first-order chi connectivity index (χ1) is 7.47. The lowest BCUT2D eigenvalue weighted by atomic mass is 10.4. The highest BCUT2D eigenvalue weighted by Crippen LogP contribution is 2.18. The Hall–Kier alpha value is -0.590. The van der Waals surface area contributed by atoms with E-state index in [0.29, 0.717) is 6.42 Å². The van der Waals surface area contributed by atoms with Gasteiger partial charge in [-0.2, -0.15) is 8.42 Å². The molecule has 0 unspecified atom stereocenters. The van der Waals surface area contributed by atoms with Gasteiger partial charge in [0.2, 0.25) is 0 Å². The molecule has 6 heteroatoms. The summed E-state index contributed by atoms with van der Waals surface area (Å²) in [6, 6.07) is 6.18. The van der Waals surface area contributed by atoms with Crippen molar-refractivity contribution in [3.8, 4) is 0 Å². The Labute approximate surface area is 99.1 Å². The number of halogens is 1. The van der Waals surface area contributed by atoms with E-state index in [1.165, 1.54) is 23.9 Å². The summed E-state index contributed by atoms with van der Waals surface area (Å²) in [4.78, 5) is 0.959. The molecule has 0 saturated heterocycles. The molecule has 0 atom stereocenters. The zero-order valence-electron chi connectivity index (χ0n) is 8.85. The fourth-order valence-electron chi connectivity index (χ4n) is 0.990. The van der Waals surface area contributed by atoms with Crippen molar-refractivity contribution in [3.05, 3.63) is 30.1 Å². The SMILES string of the molecule is CS(=O)(=O)OCCCSc1ccc(F)cc1. The molecule has 0 amide bonds. The fourth-order valence-corrected chi connectivity index (χ4v) is 2.24. The molecule has 0 heterocycles. The van der Waals surface area contributed by atoms with E-state index in [-0.39, 0.29) is 12.4 Å². The third-order valence-electron chi connectivity index (χ3n) is 1.67. The first-order valence-electron chi connectivity index (χ1n) is 4.70. The maximum Gasteiger partial charge on any atom is 0.264 e. The van der Waals surface area contributed by atoms with Crippen molar-refractivity contribution >= 4 is 21.9 Å². The Bertz CT molecular complexity index is 414. The van der Waals surface area contributed by atoms with Crippen LogP contribution in [-0.2, 0) is 14.3 Å². The fraction of sp³-hybridized carbons (Fsp3) is 0.400. The van der Waals surface area contributed by atoms with Crippen LogP contribution in [0, 0.1) is 5.82 Å². The van der Waals surface area contributed by atoms with Crippen molar-refractivity contribution in [1.82, 2.24) is 0 Å². The molecule has 0 aromatic heterocycles. The highest BCUT2D eigenvalue weighted by atomic mass is 32.2. The lowest BCUT2D eigenvalue weighted by Crippen LogP contribution is -2.04. The van der Waals surface area contributed by atoms with Crippen molar-refractivity contribution in [3.63, 3.8) is 0 Å². The Kier molecular flexibility index (Phi) is 5.24. The molecule has 0 aliphatic heterocycles. The van der Waals surface area contributed by atoms with Crippen LogP contribution in [0.4, 0.5) is 4.39 Å². The van der Waals surface area contributed by atoms with Crippen LogP contribution in [0.25, 0.3) is 0 Å². The molecule has 0 spiro atoms. The molecule has 0 bridgehead atoms. The number of hydrogen-bond acceptors (Lipinski definition) is 4. The van der Waals surface area contributed by atoms with Gasteiger partial charge in [-0.05, 0) is 30.7 Å². The summed E-state index contributed by atoms with van der Waals surface area (Å²) in [6.07, 6.45) is 1.66. The van der Waals surface area contributed by atoms with Gasteiger partial charge < -0.3 is 0 Å². The van der Waals surface area contributed by atoms with Crippen molar-refractivity contribution < 1.29 is 17.0 Å². The molecule has 1 aromatic rings. The average Bonchev–Trinajstić information content (AvgIpc) is 2.19. The molecule has 1 aromatic carbocycles. The summed E-state index contributed by atoms with van der Waals surface area (Å²) in [7, 11) is -3.33. The number of hydrogen-bond donors (Lipinski definition) is 0. The number of benzene rings is 1. The molecular formula is C10H13FO3S2. The Morgan fingerprint density at radius 2 is 1.94 bits per heavy atom. The van der Waals surface area contributed by atoms with Gasteiger partial charge in [0.15, 0.2) is 0 Å². The van der Waals surface area contributed by atoms with Gasteiger partial charge in [0.1, 0.15) is 5.82 Å². The zero-order chi connectivity index (χ0) is 12.0. The van der Waals surface area contributed by atoms with E-state index in [4.69, 9.17) is 0 Å². The minimum Gasteiger partial charge on any atom is -0.270 e. The van der Waals surface area contributed by atoms with Crippen molar-refractivity contribution in [2.45, 2.75) is 11.3 Å². The maximum absolute atomic E-state index is 12.6. The van der Waals surface area contributed by atoms with Crippen LogP contribution in [0.1, 0.15) is 6.42 Å². The Morgan fingerprint density at radius 1 is 1.31 bits per heavy atom. The van der Waals surface area contributed by atoms with E-state index in [0.717, 1.165) is 16.9 Å².